The standard InChI is InChI=1S/C15H24N4O3/c1-19-13(17-14(20)11-6-3-4-7-11)10-12(18-19)15(21)16-8-5-9-22-2/h10-11H,3-9H2,1-2H3,(H,16,21)(H,17,20). The van der Waals surface area contributed by atoms with Gasteiger partial charge >= 0.3 is 0 Å². The number of aryl methyl sites for hydroxylation is 1. The largest absolute Gasteiger partial charge is 0.385 e. The van der Waals surface area contributed by atoms with Gasteiger partial charge in [-0.3, -0.25) is 14.3 Å². The van der Waals surface area contributed by atoms with Crippen LogP contribution in [0.3, 0.4) is 0 Å². The smallest absolute Gasteiger partial charge is 0.271 e. The molecule has 7 nitrogen and oxygen atoms in total. The number of anilines is 1. The Hall–Kier alpha value is -1.89. The van der Waals surface area contributed by atoms with Gasteiger partial charge in [0.2, 0.25) is 5.91 Å². The molecule has 0 unspecified atom stereocenters. The van der Waals surface area contributed by atoms with Gasteiger partial charge in [0.05, 0.1) is 0 Å². The van der Waals surface area contributed by atoms with Crippen LogP contribution in [0.15, 0.2) is 6.07 Å². The number of hydrogen-bond acceptors (Lipinski definition) is 4. The molecule has 0 aliphatic heterocycles. The van der Waals surface area contributed by atoms with E-state index < -0.39 is 0 Å². The third kappa shape index (κ3) is 4.30. The summed E-state index contributed by atoms with van der Waals surface area (Å²) in [5, 5.41) is 9.79. The van der Waals surface area contributed by atoms with E-state index in [0.717, 1.165) is 32.1 Å². The minimum atomic E-state index is -0.243. The third-order valence-corrected chi connectivity index (χ3v) is 3.90. The average Bonchev–Trinajstić information content (AvgIpc) is 3.14. The lowest BCUT2D eigenvalue weighted by Gasteiger charge is -2.09. The molecule has 0 radical (unpaired) electrons. The van der Waals surface area contributed by atoms with Gasteiger partial charge in [0.1, 0.15) is 5.82 Å². The van der Waals surface area contributed by atoms with Gasteiger partial charge in [0.15, 0.2) is 5.69 Å². The Bertz CT molecular complexity index is 521. The summed E-state index contributed by atoms with van der Waals surface area (Å²) in [6, 6.07) is 1.61. The summed E-state index contributed by atoms with van der Waals surface area (Å²) >= 11 is 0. The number of carbonyl (C=O) groups excluding carboxylic acids is 2. The molecule has 1 aromatic rings. The molecule has 0 spiro atoms. The van der Waals surface area contributed by atoms with E-state index in [1.165, 1.54) is 4.68 Å². The number of aromatic nitrogens is 2. The van der Waals surface area contributed by atoms with Crippen molar-refractivity contribution in [2.45, 2.75) is 32.1 Å². The molecule has 122 valence electrons. The second-order valence-corrected chi connectivity index (χ2v) is 5.61. The van der Waals surface area contributed by atoms with Crippen molar-refractivity contribution >= 4 is 17.6 Å². The van der Waals surface area contributed by atoms with Gasteiger partial charge in [-0.1, -0.05) is 12.8 Å². The van der Waals surface area contributed by atoms with E-state index >= 15 is 0 Å². The van der Waals surface area contributed by atoms with Gasteiger partial charge in [0.25, 0.3) is 5.91 Å². The molecule has 1 aromatic heterocycles. The van der Waals surface area contributed by atoms with Crippen molar-refractivity contribution in [1.29, 1.82) is 0 Å². The highest BCUT2D eigenvalue weighted by Crippen LogP contribution is 2.26. The maximum Gasteiger partial charge on any atom is 0.271 e. The zero-order chi connectivity index (χ0) is 15.9. The Kier molecular flexibility index (Phi) is 5.94. The van der Waals surface area contributed by atoms with Gasteiger partial charge < -0.3 is 15.4 Å². The molecular formula is C15H24N4O3. The zero-order valence-electron chi connectivity index (χ0n) is 13.2. The number of ether oxygens (including phenoxy) is 1. The number of amides is 2. The lowest BCUT2D eigenvalue weighted by molar-refractivity contribution is -0.119. The van der Waals surface area contributed by atoms with Crippen molar-refractivity contribution in [2.75, 3.05) is 25.6 Å². The predicted molar refractivity (Wildman–Crippen MR) is 82.6 cm³/mol. The van der Waals surface area contributed by atoms with E-state index in [1.807, 2.05) is 0 Å². The number of hydrogen-bond donors (Lipinski definition) is 2. The first-order valence-corrected chi connectivity index (χ1v) is 7.74. The van der Waals surface area contributed by atoms with E-state index in [0.29, 0.717) is 24.7 Å². The maximum absolute atomic E-state index is 12.1. The van der Waals surface area contributed by atoms with Crippen LogP contribution in [0, 0.1) is 5.92 Å². The molecule has 0 atom stereocenters. The SMILES string of the molecule is COCCCNC(=O)c1cc(NC(=O)C2CCCC2)n(C)n1. The molecule has 22 heavy (non-hydrogen) atoms. The highest BCUT2D eigenvalue weighted by atomic mass is 16.5. The summed E-state index contributed by atoms with van der Waals surface area (Å²) in [6.45, 7) is 1.14. The topological polar surface area (TPSA) is 85.3 Å². The fourth-order valence-corrected chi connectivity index (χ4v) is 2.62. The minimum absolute atomic E-state index is 0.0209. The summed E-state index contributed by atoms with van der Waals surface area (Å²) in [6.07, 6.45) is 4.85. The number of methoxy groups -OCH3 is 1. The quantitative estimate of drug-likeness (QED) is 0.744. The molecule has 0 aromatic carbocycles. The van der Waals surface area contributed by atoms with E-state index in [9.17, 15) is 9.59 Å². The lowest BCUT2D eigenvalue weighted by atomic mass is 10.1. The van der Waals surface area contributed by atoms with E-state index in [1.54, 1.807) is 20.2 Å². The molecule has 1 fully saturated rings. The molecule has 0 bridgehead atoms. The maximum atomic E-state index is 12.1. The second kappa shape index (κ2) is 7.93. The Balaban J connectivity index is 1.89. The fourth-order valence-electron chi connectivity index (χ4n) is 2.62. The van der Waals surface area contributed by atoms with E-state index in [2.05, 4.69) is 15.7 Å². The Morgan fingerprint density at radius 3 is 2.82 bits per heavy atom. The second-order valence-electron chi connectivity index (χ2n) is 5.61. The normalized spacial score (nSPS) is 15.0. The third-order valence-electron chi connectivity index (χ3n) is 3.90. The van der Waals surface area contributed by atoms with Crippen molar-refractivity contribution < 1.29 is 14.3 Å². The van der Waals surface area contributed by atoms with Crippen LogP contribution in [-0.4, -0.2) is 41.9 Å². The molecule has 7 heteroatoms. The lowest BCUT2D eigenvalue weighted by Crippen LogP contribution is -2.25. The summed E-state index contributed by atoms with van der Waals surface area (Å²) in [5.41, 5.74) is 0.307. The average molecular weight is 308 g/mol. The molecule has 1 heterocycles. The fraction of sp³-hybridized carbons (Fsp3) is 0.667. The summed E-state index contributed by atoms with van der Waals surface area (Å²) in [5.74, 6) is 0.417. The molecule has 2 rings (SSSR count). The monoisotopic (exact) mass is 308 g/mol. The first kappa shape index (κ1) is 16.5. The van der Waals surface area contributed by atoms with Crippen LogP contribution in [0.1, 0.15) is 42.6 Å². The molecule has 2 amide bonds. The molecule has 1 aliphatic carbocycles. The molecule has 0 saturated heterocycles. The van der Waals surface area contributed by atoms with Crippen molar-refractivity contribution in [3.05, 3.63) is 11.8 Å². The van der Waals surface area contributed by atoms with Crippen LogP contribution in [0.5, 0.6) is 0 Å². The molecule has 1 aliphatic rings. The number of rotatable bonds is 7. The minimum Gasteiger partial charge on any atom is -0.385 e. The Labute approximate surface area is 130 Å². The molecule has 1 saturated carbocycles. The van der Waals surface area contributed by atoms with Crippen molar-refractivity contribution in [3.63, 3.8) is 0 Å². The Morgan fingerprint density at radius 2 is 2.14 bits per heavy atom. The Morgan fingerprint density at radius 1 is 1.41 bits per heavy atom. The van der Waals surface area contributed by atoms with Crippen LogP contribution in [0.25, 0.3) is 0 Å². The van der Waals surface area contributed by atoms with Crippen LogP contribution in [0.4, 0.5) is 5.82 Å². The molecular weight excluding hydrogens is 284 g/mol. The number of carbonyl (C=O) groups is 2. The summed E-state index contributed by atoms with van der Waals surface area (Å²) < 4.78 is 6.45. The van der Waals surface area contributed by atoms with Crippen LogP contribution in [0.2, 0.25) is 0 Å². The highest BCUT2D eigenvalue weighted by molar-refractivity contribution is 5.96. The van der Waals surface area contributed by atoms with E-state index in [4.69, 9.17) is 4.74 Å². The van der Waals surface area contributed by atoms with Crippen molar-refractivity contribution in [2.24, 2.45) is 13.0 Å². The number of nitrogens with zero attached hydrogens (tertiary/aromatic N) is 2. The van der Waals surface area contributed by atoms with Gasteiger partial charge in [-0.2, -0.15) is 5.10 Å². The first-order valence-electron chi connectivity index (χ1n) is 7.74. The first-order chi connectivity index (χ1) is 10.6. The van der Waals surface area contributed by atoms with Crippen LogP contribution < -0.4 is 10.6 Å². The summed E-state index contributed by atoms with van der Waals surface area (Å²) in [4.78, 5) is 24.1. The van der Waals surface area contributed by atoms with Crippen LogP contribution in [-0.2, 0) is 16.6 Å². The predicted octanol–water partition coefficient (Wildman–Crippen LogP) is 1.32. The molecule has 2 N–H and O–H groups in total. The van der Waals surface area contributed by atoms with Crippen molar-refractivity contribution in [3.8, 4) is 0 Å². The zero-order valence-corrected chi connectivity index (χ0v) is 13.2. The van der Waals surface area contributed by atoms with Gasteiger partial charge in [0, 0.05) is 39.3 Å². The number of nitrogens with one attached hydrogen (secondary N) is 2. The van der Waals surface area contributed by atoms with Gasteiger partial charge in [-0.15, -0.1) is 0 Å². The van der Waals surface area contributed by atoms with Gasteiger partial charge in [-0.05, 0) is 19.3 Å². The van der Waals surface area contributed by atoms with E-state index in [-0.39, 0.29) is 17.7 Å². The highest BCUT2D eigenvalue weighted by Gasteiger charge is 2.24. The summed E-state index contributed by atoms with van der Waals surface area (Å²) in [7, 11) is 3.34. The van der Waals surface area contributed by atoms with Crippen molar-refractivity contribution in [1.82, 2.24) is 15.1 Å². The van der Waals surface area contributed by atoms with Crippen LogP contribution >= 0.6 is 0 Å². The van der Waals surface area contributed by atoms with Gasteiger partial charge in [-0.25, -0.2) is 0 Å².